The van der Waals surface area contributed by atoms with Gasteiger partial charge in [-0.1, -0.05) is 18.2 Å². The number of carbonyl (C=O) groups is 2. The molecule has 0 aliphatic heterocycles. The maximum Gasteiger partial charge on any atom is 0.308 e. The number of para-hydroxylation sites is 1. The Balaban J connectivity index is 1.83. The summed E-state index contributed by atoms with van der Waals surface area (Å²) in [7, 11) is 1.45. The summed E-state index contributed by atoms with van der Waals surface area (Å²) < 4.78 is 16.3. The fraction of sp³-hybridized carbons (Fsp3) is 0.292. The highest BCUT2D eigenvalue weighted by atomic mass is 32.1. The van der Waals surface area contributed by atoms with Gasteiger partial charge < -0.3 is 19.5 Å². The molecule has 0 saturated heterocycles. The summed E-state index contributed by atoms with van der Waals surface area (Å²) in [5.41, 5.74) is 2.68. The van der Waals surface area contributed by atoms with E-state index in [-0.39, 0.29) is 35.9 Å². The minimum atomic E-state index is -0.984. The number of hydrogen-bond acceptors (Lipinski definition) is 9. The third-order valence-corrected chi connectivity index (χ3v) is 5.47. The van der Waals surface area contributed by atoms with E-state index in [0.717, 1.165) is 5.69 Å². The molecule has 184 valence electrons. The predicted molar refractivity (Wildman–Crippen MR) is 129 cm³/mol. The summed E-state index contributed by atoms with van der Waals surface area (Å²) in [4.78, 5) is 40.6. The summed E-state index contributed by atoms with van der Waals surface area (Å²) >= 11 is 1.45. The van der Waals surface area contributed by atoms with E-state index >= 15 is 0 Å². The van der Waals surface area contributed by atoms with E-state index in [1.165, 1.54) is 48.8 Å². The monoisotopic (exact) mass is 499 g/mol. The molecule has 11 heteroatoms. The van der Waals surface area contributed by atoms with Gasteiger partial charge in [0.15, 0.2) is 11.5 Å². The van der Waals surface area contributed by atoms with Crippen LogP contribution in [0.15, 0.2) is 53.4 Å². The largest absolute Gasteiger partial charge is 0.493 e. The van der Waals surface area contributed by atoms with E-state index in [4.69, 9.17) is 14.2 Å². The molecule has 10 nitrogen and oxygen atoms in total. The quantitative estimate of drug-likeness (QED) is 0.233. The Bertz CT molecular complexity index is 1180. The first-order chi connectivity index (χ1) is 16.8. The SMILES string of the molecule is COc1cc(C(=O)NC(CC(=O)OC(C)C)c2ccccc2[N+](=O)[O-])ccc1OCc1cscn1. The zero-order chi connectivity index (χ0) is 25.4. The van der Waals surface area contributed by atoms with E-state index in [9.17, 15) is 19.7 Å². The predicted octanol–water partition coefficient (Wildman–Crippen LogP) is 4.45. The number of esters is 1. The average Bonchev–Trinajstić information content (AvgIpc) is 3.35. The van der Waals surface area contributed by atoms with Crippen molar-refractivity contribution in [1.29, 1.82) is 0 Å². The van der Waals surface area contributed by atoms with Crippen LogP contribution in [0.25, 0.3) is 0 Å². The first kappa shape index (κ1) is 25.6. The Morgan fingerprint density at radius 1 is 1.17 bits per heavy atom. The zero-order valence-electron chi connectivity index (χ0n) is 19.4. The van der Waals surface area contributed by atoms with Crippen LogP contribution in [-0.2, 0) is 16.1 Å². The molecule has 0 aliphatic carbocycles. The zero-order valence-corrected chi connectivity index (χ0v) is 20.2. The molecule has 1 heterocycles. The van der Waals surface area contributed by atoms with Crippen molar-refractivity contribution >= 4 is 28.9 Å². The number of hydrogen-bond donors (Lipinski definition) is 1. The van der Waals surface area contributed by atoms with Gasteiger partial charge in [-0.3, -0.25) is 19.7 Å². The maximum absolute atomic E-state index is 13.1. The highest BCUT2D eigenvalue weighted by Crippen LogP contribution is 2.31. The molecule has 2 aromatic carbocycles. The Kier molecular flexibility index (Phi) is 8.74. The molecular formula is C24H25N3O7S. The number of nitrogens with zero attached hydrogens (tertiary/aromatic N) is 2. The first-order valence-electron chi connectivity index (χ1n) is 10.7. The molecule has 0 radical (unpaired) electrons. The van der Waals surface area contributed by atoms with Gasteiger partial charge in [0.1, 0.15) is 6.61 Å². The van der Waals surface area contributed by atoms with Crippen LogP contribution < -0.4 is 14.8 Å². The molecule has 3 aromatic rings. The lowest BCUT2D eigenvalue weighted by atomic mass is 10.0. The fourth-order valence-corrected chi connectivity index (χ4v) is 3.84. The molecule has 35 heavy (non-hydrogen) atoms. The Morgan fingerprint density at radius 3 is 2.60 bits per heavy atom. The summed E-state index contributed by atoms with van der Waals surface area (Å²) in [6.07, 6.45) is -0.647. The standard InChI is InChI=1S/C24H25N3O7S/c1-15(2)34-23(28)11-19(18-6-4-5-7-20(18)27(30)31)26-24(29)16-8-9-21(22(10-16)32-3)33-12-17-13-35-14-25-17/h4-10,13-15,19H,11-12H2,1-3H3,(H,26,29). The third-order valence-electron chi connectivity index (χ3n) is 4.84. The molecule has 0 spiro atoms. The fourth-order valence-electron chi connectivity index (χ4n) is 3.30. The lowest BCUT2D eigenvalue weighted by Gasteiger charge is -2.20. The number of amides is 1. The Morgan fingerprint density at radius 2 is 1.94 bits per heavy atom. The van der Waals surface area contributed by atoms with Crippen LogP contribution in [0.4, 0.5) is 5.69 Å². The minimum Gasteiger partial charge on any atom is -0.493 e. The van der Waals surface area contributed by atoms with Gasteiger partial charge in [0.2, 0.25) is 0 Å². The van der Waals surface area contributed by atoms with E-state index in [0.29, 0.717) is 11.5 Å². The van der Waals surface area contributed by atoms with Gasteiger partial charge in [-0.25, -0.2) is 4.98 Å². The van der Waals surface area contributed by atoms with Gasteiger partial charge in [0.25, 0.3) is 11.6 Å². The number of nitro benzene ring substituents is 1. The third kappa shape index (κ3) is 7.00. The van der Waals surface area contributed by atoms with Crippen molar-refractivity contribution in [3.63, 3.8) is 0 Å². The number of methoxy groups -OCH3 is 1. The van der Waals surface area contributed by atoms with E-state index in [2.05, 4.69) is 10.3 Å². The van der Waals surface area contributed by atoms with Crippen molar-refractivity contribution < 1.29 is 28.7 Å². The summed E-state index contributed by atoms with van der Waals surface area (Å²) in [5, 5.41) is 16.1. The molecule has 1 atom stereocenters. The highest BCUT2D eigenvalue weighted by Gasteiger charge is 2.27. The number of aromatic nitrogens is 1. The van der Waals surface area contributed by atoms with Gasteiger partial charge in [-0.2, -0.15) is 0 Å². The van der Waals surface area contributed by atoms with Crippen molar-refractivity contribution in [1.82, 2.24) is 10.3 Å². The lowest BCUT2D eigenvalue weighted by molar-refractivity contribution is -0.385. The second kappa shape index (κ2) is 11.9. The molecule has 3 rings (SSSR count). The molecular weight excluding hydrogens is 474 g/mol. The molecule has 0 saturated carbocycles. The lowest BCUT2D eigenvalue weighted by Crippen LogP contribution is -2.31. The van der Waals surface area contributed by atoms with Gasteiger partial charge in [-0.05, 0) is 32.0 Å². The van der Waals surface area contributed by atoms with Crippen molar-refractivity contribution in [3.05, 3.63) is 80.3 Å². The Hall–Kier alpha value is -3.99. The molecule has 1 N–H and O–H groups in total. The number of carbonyl (C=O) groups excluding carboxylic acids is 2. The normalized spacial score (nSPS) is 11.5. The second-order valence-electron chi connectivity index (χ2n) is 7.72. The van der Waals surface area contributed by atoms with Crippen LogP contribution in [0.3, 0.4) is 0 Å². The highest BCUT2D eigenvalue weighted by molar-refractivity contribution is 7.07. The molecule has 0 bridgehead atoms. The van der Waals surface area contributed by atoms with Crippen LogP contribution in [0.2, 0.25) is 0 Å². The number of nitro groups is 1. The smallest absolute Gasteiger partial charge is 0.308 e. The summed E-state index contributed by atoms with van der Waals surface area (Å²) in [6.45, 7) is 3.63. The molecule has 0 aliphatic rings. The van der Waals surface area contributed by atoms with Crippen LogP contribution in [0.1, 0.15) is 47.9 Å². The van der Waals surface area contributed by atoms with Crippen LogP contribution in [0, 0.1) is 10.1 Å². The van der Waals surface area contributed by atoms with Gasteiger partial charge in [0.05, 0.1) is 47.4 Å². The average molecular weight is 500 g/mol. The maximum atomic E-state index is 13.1. The van der Waals surface area contributed by atoms with Crippen molar-refractivity contribution in [3.8, 4) is 11.5 Å². The molecule has 1 amide bonds. The van der Waals surface area contributed by atoms with Crippen molar-refractivity contribution in [2.75, 3.05) is 7.11 Å². The van der Waals surface area contributed by atoms with Crippen LogP contribution in [0.5, 0.6) is 11.5 Å². The van der Waals surface area contributed by atoms with E-state index in [1.807, 2.05) is 5.38 Å². The van der Waals surface area contributed by atoms with Crippen molar-refractivity contribution in [2.24, 2.45) is 0 Å². The van der Waals surface area contributed by atoms with Gasteiger partial charge in [-0.15, -0.1) is 11.3 Å². The van der Waals surface area contributed by atoms with Crippen LogP contribution in [-0.4, -0.2) is 35.0 Å². The molecule has 1 unspecified atom stereocenters. The topological polar surface area (TPSA) is 130 Å². The van der Waals surface area contributed by atoms with E-state index in [1.54, 1.807) is 31.5 Å². The number of benzene rings is 2. The number of ether oxygens (including phenoxy) is 3. The number of rotatable bonds is 11. The van der Waals surface area contributed by atoms with Gasteiger partial charge in [0, 0.05) is 17.0 Å². The molecule has 0 fully saturated rings. The first-order valence-corrected chi connectivity index (χ1v) is 11.6. The van der Waals surface area contributed by atoms with Gasteiger partial charge >= 0.3 is 5.97 Å². The summed E-state index contributed by atoms with van der Waals surface area (Å²) in [6, 6.07) is 9.58. The van der Waals surface area contributed by atoms with Crippen molar-refractivity contribution in [2.45, 2.75) is 39.0 Å². The second-order valence-corrected chi connectivity index (χ2v) is 8.44. The number of thiazole rings is 1. The van der Waals surface area contributed by atoms with Crippen LogP contribution >= 0.6 is 11.3 Å². The Labute approximate surface area is 206 Å². The number of nitrogens with one attached hydrogen (secondary N) is 1. The van der Waals surface area contributed by atoms with E-state index < -0.39 is 22.8 Å². The minimum absolute atomic E-state index is 0.196. The molecule has 1 aromatic heterocycles. The summed E-state index contributed by atoms with van der Waals surface area (Å²) in [5.74, 6) is -0.385.